The molecule has 0 saturated heterocycles. The highest BCUT2D eigenvalue weighted by Gasteiger charge is 2.34. The van der Waals surface area contributed by atoms with Gasteiger partial charge in [-0.1, -0.05) is 53.4 Å². The van der Waals surface area contributed by atoms with Crippen LogP contribution in [0.1, 0.15) is 79.1 Å². The van der Waals surface area contributed by atoms with Gasteiger partial charge in [0.25, 0.3) is 0 Å². The molecular formula is C16H36ClO4P. The summed E-state index contributed by atoms with van der Waals surface area (Å²) >= 11 is 0. The summed E-state index contributed by atoms with van der Waals surface area (Å²) in [6.45, 7) is 9.42. The van der Waals surface area contributed by atoms with Crippen molar-refractivity contribution >= 4 is 7.26 Å². The van der Waals surface area contributed by atoms with E-state index >= 15 is 0 Å². The third kappa shape index (κ3) is 18.6. The van der Waals surface area contributed by atoms with Crippen LogP contribution in [0.15, 0.2) is 0 Å². The maximum atomic E-state index is 8.49. The van der Waals surface area contributed by atoms with Crippen LogP contribution in [0.25, 0.3) is 0 Å². The van der Waals surface area contributed by atoms with E-state index in [1.54, 1.807) is 24.6 Å². The largest absolute Gasteiger partial charge is 0.222 e. The maximum Gasteiger partial charge on any atom is 0.0594 e. The molecule has 0 aliphatic carbocycles. The van der Waals surface area contributed by atoms with E-state index in [-0.39, 0.29) is 0 Å². The zero-order chi connectivity index (χ0) is 17.5. The molecule has 0 rings (SSSR count). The van der Waals surface area contributed by atoms with Gasteiger partial charge in [-0.05, 0) is 25.7 Å². The van der Waals surface area contributed by atoms with E-state index in [1.807, 2.05) is 0 Å². The predicted molar refractivity (Wildman–Crippen MR) is 86.0 cm³/mol. The zero-order valence-electron chi connectivity index (χ0n) is 14.9. The molecular weight excluding hydrogens is 323 g/mol. The van der Waals surface area contributed by atoms with Gasteiger partial charge in [0.15, 0.2) is 0 Å². The molecule has 0 aromatic heterocycles. The Balaban J connectivity index is 0. The molecule has 0 aliphatic heterocycles. The van der Waals surface area contributed by atoms with Gasteiger partial charge in [0.05, 0.1) is 24.6 Å². The number of halogens is 1. The Morgan fingerprint density at radius 1 is 0.545 bits per heavy atom. The molecule has 22 heavy (non-hydrogen) atoms. The average Bonchev–Trinajstić information content (AvgIpc) is 2.44. The van der Waals surface area contributed by atoms with Crippen molar-refractivity contribution in [3.05, 3.63) is 0 Å². The van der Waals surface area contributed by atoms with Crippen molar-refractivity contribution in [3.63, 3.8) is 0 Å². The van der Waals surface area contributed by atoms with Crippen molar-refractivity contribution in [3.8, 4) is 0 Å². The third-order valence-electron chi connectivity index (χ3n) is 3.94. The molecule has 0 N–H and O–H groups in total. The Morgan fingerprint density at radius 3 is 0.864 bits per heavy atom. The molecule has 0 atom stereocenters. The summed E-state index contributed by atoms with van der Waals surface area (Å²) in [7, 11) is -5.51. The topological polar surface area (TPSA) is 92.2 Å². The first-order valence-corrected chi connectivity index (χ1v) is 12.5. The lowest BCUT2D eigenvalue weighted by molar-refractivity contribution is -2.00. The predicted octanol–water partition coefficient (Wildman–Crippen LogP) is 1.45. The van der Waals surface area contributed by atoms with Crippen molar-refractivity contribution in [2.75, 3.05) is 24.6 Å². The first-order chi connectivity index (χ1) is 10.2. The Bertz CT molecular complexity index is 191. The van der Waals surface area contributed by atoms with Crippen molar-refractivity contribution in [1.82, 2.24) is 0 Å². The fourth-order valence-electron chi connectivity index (χ4n) is 2.64. The van der Waals surface area contributed by atoms with Crippen LogP contribution < -0.4 is 18.6 Å². The van der Waals surface area contributed by atoms with Gasteiger partial charge in [-0.25, -0.2) is 18.6 Å². The van der Waals surface area contributed by atoms with E-state index in [0.717, 1.165) is 0 Å². The first-order valence-electron chi connectivity index (χ1n) is 8.71. The van der Waals surface area contributed by atoms with Gasteiger partial charge in [0.2, 0.25) is 0 Å². The van der Waals surface area contributed by atoms with Gasteiger partial charge in [-0.3, -0.25) is 0 Å². The van der Waals surface area contributed by atoms with Gasteiger partial charge in [0.1, 0.15) is 0 Å². The van der Waals surface area contributed by atoms with Crippen LogP contribution in [0.4, 0.5) is 0 Å². The molecule has 136 valence electrons. The zero-order valence-corrected chi connectivity index (χ0v) is 16.6. The molecule has 0 spiro atoms. The lowest BCUT2D eigenvalue weighted by Crippen LogP contribution is -2.68. The fraction of sp³-hybridized carbons (Fsp3) is 1.00. The second kappa shape index (κ2) is 15.1. The molecule has 0 aliphatic rings. The van der Waals surface area contributed by atoms with Crippen LogP contribution in [0.5, 0.6) is 0 Å². The molecule has 0 amide bonds. The fourth-order valence-corrected chi connectivity index (χ4v) is 7.93. The summed E-state index contributed by atoms with van der Waals surface area (Å²) in [6, 6.07) is 0. The molecule has 0 radical (unpaired) electrons. The van der Waals surface area contributed by atoms with Crippen molar-refractivity contribution in [2.45, 2.75) is 79.1 Å². The highest BCUT2D eigenvalue weighted by Crippen LogP contribution is 2.61. The van der Waals surface area contributed by atoms with E-state index in [4.69, 9.17) is 18.6 Å². The van der Waals surface area contributed by atoms with Crippen LogP contribution >= 0.6 is 7.26 Å². The van der Waals surface area contributed by atoms with Crippen LogP contribution in [-0.2, 0) is 0 Å². The molecule has 0 fully saturated rings. The van der Waals surface area contributed by atoms with E-state index in [9.17, 15) is 0 Å². The van der Waals surface area contributed by atoms with Crippen LogP contribution in [0.3, 0.4) is 0 Å². The van der Waals surface area contributed by atoms with Gasteiger partial charge in [-0.2, -0.15) is 0 Å². The van der Waals surface area contributed by atoms with Crippen LogP contribution in [0, 0.1) is 10.2 Å². The summed E-state index contributed by atoms with van der Waals surface area (Å²) in [5.74, 6) is 0. The van der Waals surface area contributed by atoms with E-state index in [0.29, 0.717) is 0 Å². The summed E-state index contributed by atoms with van der Waals surface area (Å²) in [5.41, 5.74) is 0. The third-order valence-corrected chi connectivity index (χ3v) is 9.00. The summed E-state index contributed by atoms with van der Waals surface area (Å²) in [6.07, 6.45) is 17.9. The SMILES string of the molecule is CCCC[P+](CCCC)(CCCC)CCCC.[O-][Cl+3]([O-])([O-])[O-]. The summed E-state index contributed by atoms with van der Waals surface area (Å²) in [4.78, 5) is 0. The molecule has 4 nitrogen and oxygen atoms in total. The average molecular weight is 359 g/mol. The summed E-state index contributed by atoms with van der Waals surface area (Å²) in [5, 5.41) is 0. The minimum atomic E-state index is -4.94. The maximum absolute atomic E-state index is 8.49. The minimum Gasteiger partial charge on any atom is -0.222 e. The Kier molecular flexibility index (Phi) is 17.0. The van der Waals surface area contributed by atoms with E-state index in [2.05, 4.69) is 27.7 Å². The lowest BCUT2D eigenvalue weighted by Gasteiger charge is -2.28. The molecule has 0 bridgehead atoms. The van der Waals surface area contributed by atoms with Gasteiger partial charge < -0.3 is 0 Å². The Hall–Kier alpha value is 0.560. The van der Waals surface area contributed by atoms with Crippen LogP contribution in [0.2, 0.25) is 0 Å². The highest BCUT2D eigenvalue weighted by atomic mass is 35.7. The van der Waals surface area contributed by atoms with Crippen molar-refractivity contribution < 1.29 is 28.9 Å². The first kappa shape index (κ1) is 24.8. The normalized spacial score (nSPS) is 12.0. The molecule has 0 heterocycles. The number of hydrogen-bond donors (Lipinski definition) is 0. The van der Waals surface area contributed by atoms with Crippen molar-refractivity contribution in [2.24, 2.45) is 0 Å². The lowest BCUT2D eigenvalue weighted by atomic mass is 10.4. The number of rotatable bonds is 12. The number of unbranched alkanes of at least 4 members (excludes halogenated alkanes) is 4. The van der Waals surface area contributed by atoms with Crippen LogP contribution in [-0.4, -0.2) is 24.6 Å². The molecule has 0 unspecified atom stereocenters. The minimum absolute atomic E-state index is 0.562. The monoisotopic (exact) mass is 358 g/mol. The Labute approximate surface area is 140 Å². The van der Waals surface area contributed by atoms with E-state index in [1.165, 1.54) is 51.4 Å². The molecule has 6 heteroatoms. The van der Waals surface area contributed by atoms with Gasteiger partial charge in [0, 0.05) is 7.26 Å². The molecule has 0 aromatic carbocycles. The second-order valence-electron chi connectivity index (χ2n) is 6.03. The Morgan fingerprint density at radius 2 is 0.727 bits per heavy atom. The molecule has 0 aromatic rings. The van der Waals surface area contributed by atoms with Crippen molar-refractivity contribution in [1.29, 1.82) is 0 Å². The molecule has 0 saturated carbocycles. The van der Waals surface area contributed by atoms with E-state index < -0.39 is 17.5 Å². The smallest absolute Gasteiger partial charge is 0.0594 e. The standard InChI is InChI=1S/C16H36P.ClHO4/c1-5-9-13-17(14-10-6-2,15-11-7-3)16-12-8-4;2-1(3,4)5/h5-16H2,1-4H3;(H,2,3,4,5)/q+1;/p-1. The van der Waals surface area contributed by atoms with Gasteiger partial charge in [-0.15, -0.1) is 10.2 Å². The number of hydrogen-bond acceptors (Lipinski definition) is 4. The van der Waals surface area contributed by atoms with Gasteiger partial charge >= 0.3 is 0 Å². The summed E-state index contributed by atoms with van der Waals surface area (Å²) < 4.78 is 34.0. The highest BCUT2D eigenvalue weighted by molar-refractivity contribution is 7.75. The quantitative estimate of drug-likeness (QED) is 0.493. The second-order valence-corrected chi connectivity index (χ2v) is 11.3.